The molecule has 2 aliphatic carbocycles. The van der Waals surface area contributed by atoms with Crippen molar-refractivity contribution in [3.63, 3.8) is 0 Å². The van der Waals surface area contributed by atoms with E-state index in [1.807, 2.05) is 0 Å². The Labute approximate surface area is 88.6 Å². The summed E-state index contributed by atoms with van der Waals surface area (Å²) < 4.78 is 4.72. The molecule has 0 amide bonds. The highest BCUT2D eigenvalue weighted by molar-refractivity contribution is 5.75. The van der Waals surface area contributed by atoms with Crippen molar-refractivity contribution in [1.29, 1.82) is 0 Å². The first-order valence-electron chi connectivity index (χ1n) is 5.44. The van der Waals surface area contributed by atoms with Gasteiger partial charge in [0.1, 0.15) is 0 Å². The van der Waals surface area contributed by atoms with Crippen LogP contribution in [0, 0.1) is 23.7 Å². The second-order valence-electron chi connectivity index (χ2n) is 4.65. The number of carbonyl (C=O) groups excluding carboxylic acids is 1. The summed E-state index contributed by atoms with van der Waals surface area (Å²) in [4.78, 5) is 22.4. The largest absolute Gasteiger partial charge is 0.481 e. The molecule has 84 valence electrons. The Morgan fingerprint density at radius 1 is 1.20 bits per heavy atom. The van der Waals surface area contributed by atoms with Crippen LogP contribution in [0.1, 0.15) is 25.7 Å². The molecule has 1 N–H and O–H groups in total. The van der Waals surface area contributed by atoms with E-state index in [9.17, 15) is 9.59 Å². The Kier molecular flexibility index (Phi) is 2.67. The van der Waals surface area contributed by atoms with E-state index in [1.54, 1.807) is 0 Å². The van der Waals surface area contributed by atoms with Gasteiger partial charge in [-0.1, -0.05) is 0 Å². The predicted octanol–water partition coefficient (Wildman–Crippen LogP) is 1.30. The summed E-state index contributed by atoms with van der Waals surface area (Å²) >= 11 is 0. The number of carboxylic acids is 1. The molecule has 2 unspecified atom stereocenters. The second kappa shape index (κ2) is 3.83. The zero-order chi connectivity index (χ0) is 11.0. The van der Waals surface area contributed by atoms with Crippen molar-refractivity contribution >= 4 is 11.9 Å². The summed E-state index contributed by atoms with van der Waals surface area (Å²) in [5.74, 6) is -0.772. The Morgan fingerprint density at radius 3 is 2.13 bits per heavy atom. The highest BCUT2D eigenvalue weighted by atomic mass is 16.5. The number of esters is 1. The molecule has 2 fully saturated rings. The number of ether oxygens (including phenoxy) is 1. The van der Waals surface area contributed by atoms with Gasteiger partial charge in [0.2, 0.25) is 0 Å². The van der Waals surface area contributed by atoms with Crippen molar-refractivity contribution in [3.05, 3.63) is 0 Å². The summed E-state index contributed by atoms with van der Waals surface area (Å²) in [7, 11) is 1.40. The maximum absolute atomic E-state index is 11.4. The number of rotatable bonds is 2. The van der Waals surface area contributed by atoms with Gasteiger partial charge in [-0.15, -0.1) is 0 Å². The summed E-state index contributed by atoms with van der Waals surface area (Å²) in [6.45, 7) is 0. The van der Waals surface area contributed by atoms with E-state index in [2.05, 4.69) is 0 Å². The number of carbonyl (C=O) groups is 2. The van der Waals surface area contributed by atoms with Gasteiger partial charge in [0, 0.05) is 0 Å². The van der Waals surface area contributed by atoms with Crippen molar-refractivity contribution in [2.75, 3.05) is 7.11 Å². The van der Waals surface area contributed by atoms with Crippen molar-refractivity contribution in [2.24, 2.45) is 23.7 Å². The van der Waals surface area contributed by atoms with Gasteiger partial charge in [-0.25, -0.2) is 0 Å². The third kappa shape index (κ3) is 1.73. The Balaban J connectivity index is 2.08. The highest BCUT2D eigenvalue weighted by Crippen LogP contribution is 2.49. The molecule has 4 heteroatoms. The summed E-state index contributed by atoms with van der Waals surface area (Å²) in [5, 5.41) is 9.08. The Morgan fingerprint density at radius 2 is 1.73 bits per heavy atom. The third-order valence-corrected chi connectivity index (χ3v) is 3.92. The zero-order valence-electron chi connectivity index (χ0n) is 8.81. The van der Waals surface area contributed by atoms with Gasteiger partial charge in [0.05, 0.1) is 18.9 Å². The van der Waals surface area contributed by atoms with E-state index in [4.69, 9.17) is 9.84 Å². The quantitative estimate of drug-likeness (QED) is 0.701. The molecule has 0 aromatic heterocycles. The third-order valence-electron chi connectivity index (χ3n) is 3.92. The molecule has 0 aliphatic heterocycles. The lowest BCUT2D eigenvalue weighted by atomic mass is 9.73. The van der Waals surface area contributed by atoms with Crippen molar-refractivity contribution in [2.45, 2.75) is 25.7 Å². The monoisotopic (exact) mass is 212 g/mol. The van der Waals surface area contributed by atoms with Crippen molar-refractivity contribution < 1.29 is 19.4 Å². The second-order valence-corrected chi connectivity index (χ2v) is 4.65. The maximum atomic E-state index is 11.4. The molecular formula is C11H16O4. The van der Waals surface area contributed by atoms with Gasteiger partial charge in [0.25, 0.3) is 0 Å². The summed E-state index contributed by atoms with van der Waals surface area (Å²) in [6.07, 6.45) is 3.30. The van der Waals surface area contributed by atoms with Crippen LogP contribution in [-0.4, -0.2) is 24.2 Å². The number of fused-ring (bicyclic) bond motifs is 2. The number of carboxylic acid groups (broad SMARTS) is 1. The molecule has 2 bridgehead atoms. The minimum Gasteiger partial charge on any atom is -0.481 e. The lowest BCUT2D eigenvalue weighted by Gasteiger charge is -2.31. The van der Waals surface area contributed by atoms with E-state index in [-0.39, 0.29) is 29.6 Å². The van der Waals surface area contributed by atoms with E-state index < -0.39 is 5.97 Å². The molecular weight excluding hydrogens is 196 g/mol. The van der Waals surface area contributed by atoms with Crippen LogP contribution in [0.2, 0.25) is 0 Å². The van der Waals surface area contributed by atoms with Crippen LogP contribution in [0.4, 0.5) is 0 Å². The fourth-order valence-electron chi connectivity index (χ4n) is 3.29. The number of aliphatic carboxylic acids is 1. The summed E-state index contributed by atoms with van der Waals surface area (Å²) in [5.41, 5.74) is 0. The molecule has 0 saturated heterocycles. The Hall–Kier alpha value is -1.06. The minimum atomic E-state index is -0.689. The van der Waals surface area contributed by atoms with Crippen LogP contribution in [0.3, 0.4) is 0 Å². The smallest absolute Gasteiger partial charge is 0.308 e. The number of hydrogen-bond donors (Lipinski definition) is 1. The standard InChI is InChI=1S/C11H16O4/c1-15-11(14)8-4-6-2-3-7(5-8)9(6)10(12)13/h6-9H,2-5H2,1H3,(H,12,13). The first-order valence-corrected chi connectivity index (χ1v) is 5.44. The molecule has 2 atom stereocenters. The van der Waals surface area contributed by atoms with Crippen LogP contribution < -0.4 is 0 Å². The topological polar surface area (TPSA) is 63.6 Å². The van der Waals surface area contributed by atoms with Gasteiger partial charge in [-0.2, -0.15) is 0 Å². The number of hydrogen-bond acceptors (Lipinski definition) is 3. The van der Waals surface area contributed by atoms with Crippen LogP contribution in [0.25, 0.3) is 0 Å². The van der Waals surface area contributed by atoms with Crippen LogP contribution in [0.5, 0.6) is 0 Å². The zero-order valence-corrected chi connectivity index (χ0v) is 8.81. The summed E-state index contributed by atoms with van der Waals surface area (Å²) in [6, 6.07) is 0. The van der Waals surface area contributed by atoms with Gasteiger partial charge >= 0.3 is 11.9 Å². The van der Waals surface area contributed by atoms with Crippen LogP contribution in [-0.2, 0) is 14.3 Å². The first-order chi connectivity index (χ1) is 7.13. The lowest BCUT2D eigenvalue weighted by Crippen LogP contribution is -2.35. The fraction of sp³-hybridized carbons (Fsp3) is 0.818. The lowest BCUT2D eigenvalue weighted by molar-refractivity contribution is -0.153. The molecule has 0 aromatic carbocycles. The van der Waals surface area contributed by atoms with Crippen molar-refractivity contribution in [1.82, 2.24) is 0 Å². The van der Waals surface area contributed by atoms with Gasteiger partial charge in [0.15, 0.2) is 0 Å². The maximum Gasteiger partial charge on any atom is 0.308 e. The van der Waals surface area contributed by atoms with E-state index >= 15 is 0 Å². The van der Waals surface area contributed by atoms with Crippen molar-refractivity contribution in [3.8, 4) is 0 Å². The van der Waals surface area contributed by atoms with Crippen LogP contribution in [0.15, 0.2) is 0 Å². The average Bonchev–Trinajstić information content (AvgIpc) is 2.49. The number of methoxy groups -OCH3 is 1. The minimum absolute atomic E-state index is 0.0666. The molecule has 2 rings (SSSR count). The van der Waals surface area contributed by atoms with E-state index in [0.29, 0.717) is 12.8 Å². The van der Waals surface area contributed by atoms with E-state index in [0.717, 1.165) is 12.8 Å². The fourth-order valence-corrected chi connectivity index (χ4v) is 3.29. The molecule has 2 aliphatic rings. The predicted molar refractivity (Wildman–Crippen MR) is 52.1 cm³/mol. The van der Waals surface area contributed by atoms with Gasteiger partial charge in [-0.05, 0) is 37.5 Å². The molecule has 0 heterocycles. The normalized spacial score (nSPS) is 38.7. The van der Waals surface area contributed by atoms with Gasteiger partial charge < -0.3 is 9.84 Å². The molecule has 15 heavy (non-hydrogen) atoms. The first kappa shape index (κ1) is 10.5. The molecule has 0 aromatic rings. The highest BCUT2D eigenvalue weighted by Gasteiger charge is 2.48. The van der Waals surface area contributed by atoms with Crippen LogP contribution >= 0.6 is 0 Å². The average molecular weight is 212 g/mol. The SMILES string of the molecule is COC(=O)C1CC2CCC(C1)C2C(=O)O. The molecule has 2 saturated carbocycles. The van der Waals surface area contributed by atoms with E-state index in [1.165, 1.54) is 7.11 Å². The van der Waals surface area contributed by atoms with Gasteiger partial charge in [-0.3, -0.25) is 9.59 Å². The Bertz CT molecular complexity index is 272. The molecule has 4 nitrogen and oxygen atoms in total. The molecule has 0 spiro atoms. The molecule has 0 radical (unpaired) electrons.